The molecule has 2 rings (SSSR count). The van der Waals surface area contributed by atoms with Crippen molar-refractivity contribution in [1.29, 1.82) is 0 Å². The summed E-state index contributed by atoms with van der Waals surface area (Å²) in [5.41, 5.74) is -0.786. The van der Waals surface area contributed by atoms with Gasteiger partial charge in [-0.1, -0.05) is 12.6 Å². The first kappa shape index (κ1) is 19.2. The molecule has 0 unspecified atom stereocenters. The van der Waals surface area contributed by atoms with Gasteiger partial charge in [-0.05, 0) is 42.0 Å². The molecule has 136 valence electrons. The number of carbonyl (C=O) groups is 1. The summed E-state index contributed by atoms with van der Waals surface area (Å²) < 4.78 is 46.5. The van der Waals surface area contributed by atoms with Gasteiger partial charge in [0.15, 0.2) is 0 Å². The molecule has 0 radical (unpaired) electrons. The number of hydrogen-bond donors (Lipinski definition) is 1. The van der Waals surface area contributed by atoms with Crippen LogP contribution in [0.3, 0.4) is 0 Å². The lowest BCUT2D eigenvalue weighted by atomic mass is 10.1. The minimum atomic E-state index is -1.50. The van der Waals surface area contributed by atoms with E-state index in [4.69, 9.17) is 9.84 Å². The fourth-order valence-electron chi connectivity index (χ4n) is 2.15. The maximum Gasteiger partial charge on any atom is 0.336 e. The molecule has 0 aliphatic carbocycles. The van der Waals surface area contributed by atoms with Crippen LogP contribution in [0.2, 0.25) is 0 Å². The highest BCUT2D eigenvalue weighted by atomic mass is 19.1. The molecule has 5 nitrogen and oxygen atoms in total. The molecule has 26 heavy (non-hydrogen) atoms. The van der Waals surface area contributed by atoms with Gasteiger partial charge in [-0.25, -0.2) is 18.6 Å². The molecule has 0 aromatic heterocycles. The predicted molar refractivity (Wildman–Crippen MR) is 90.2 cm³/mol. The van der Waals surface area contributed by atoms with E-state index >= 15 is 0 Å². The van der Waals surface area contributed by atoms with E-state index in [1.807, 2.05) is 0 Å². The Morgan fingerprint density at radius 2 is 1.88 bits per heavy atom. The third-order valence-electron chi connectivity index (χ3n) is 3.40. The van der Waals surface area contributed by atoms with Crippen LogP contribution in [0.15, 0.2) is 54.1 Å². The minimum absolute atomic E-state index is 0.148. The average Bonchev–Trinajstić information content (AvgIpc) is 2.61. The summed E-state index contributed by atoms with van der Waals surface area (Å²) in [7, 11) is 1.32. The van der Waals surface area contributed by atoms with Gasteiger partial charge in [0.25, 0.3) is 0 Å². The van der Waals surface area contributed by atoms with Crippen molar-refractivity contribution in [1.82, 2.24) is 5.01 Å². The Balaban J connectivity index is 2.44. The van der Waals surface area contributed by atoms with Crippen molar-refractivity contribution in [3.8, 4) is 0 Å². The quantitative estimate of drug-likeness (QED) is 0.460. The Hall–Kier alpha value is -3.13. The first-order valence-electron chi connectivity index (χ1n) is 7.32. The van der Waals surface area contributed by atoms with Crippen LogP contribution in [0, 0.1) is 11.6 Å². The summed E-state index contributed by atoms with van der Waals surface area (Å²) in [5, 5.41) is 13.7. The van der Waals surface area contributed by atoms with Crippen LogP contribution in [0.1, 0.15) is 21.5 Å². The first-order valence-corrected chi connectivity index (χ1v) is 7.32. The number of nitrogens with zero attached hydrogens (tertiary/aromatic N) is 2. The number of carboxylic acids is 1. The van der Waals surface area contributed by atoms with Crippen LogP contribution < -0.4 is 0 Å². The largest absolute Gasteiger partial charge is 0.478 e. The van der Waals surface area contributed by atoms with Gasteiger partial charge >= 0.3 is 5.97 Å². The zero-order valence-corrected chi connectivity index (χ0v) is 13.7. The molecule has 0 fully saturated rings. The monoisotopic (exact) mass is 364 g/mol. The third kappa shape index (κ3) is 4.28. The van der Waals surface area contributed by atoms with E-state index in [-0.39, 0.29) is 12.4 Å². The molecular formula is C18H15F3N2O3. The highest BCUT2D eigenvalue weighted by Gasteiger charge is 2.21. The molecule has 8 heteroatoms. The molecule has 0 bridgehead atoms. The van der Waals surface area contributed by atoms with Gasteiger partial charge in [0.1, 0.15) is 18.4 Å². The summed E-state index contributed by atoms with van der Waals surface area (Å²) in [4.78, 5) is 11.2. The van der Waals surface area contributed by atoms with Crippen molar-refractivity contribution in [2.45, 2.75) is 0 Å². The highest BCUT2D eigenvalue weighted by molar-refractivity contribution is 6.04. The van der Waals surface area contributed by atoms with E-state index in [1.54, 1.807) is 0 Å². The average molecular weight is 364 g/mol. The number of aromatic carboxylic acids is 1. The third-order valence-corrected chi connectivity index (χ3v) is 3.40. The summed E-state index contributed by atoms with van der Waals surface area (Å²) in [6.45, 7) is 3.49. The number of halogens is 3. The van der Waals surface area contributed by atoms with Gasteiger partial charge in [-0.3, -0.25) is 0 Å². The van der Waals surface area contributed by atoms with E-state index < -0.39 is 34.7 Å². The molecule has 2 aromatic rings. The van der Waals surface area contributed by atoms with E-state index in [2.05, 4.69) is 11.7 Å². The SMILES string of the molecule is C=C(c1ccc(F)cc1)N(COC)/N=C(\F)c1c(F)cccc1C(=O)O. The van der Waals surface area contributed by atoms with Gasteiger partial charge in [-0.2, -0.15) is 4.39 Å². The molecule has 0 saturated heterocycles. The van der Waals surface area contributed by atoms with Crippen LogP contribution in [-0.4, -0.2) is 35.9 Å². The first-order chi connectivity index (χ1) is 12.3. The standard InChI is InChI=1S/C18H15F3N2O3/c1-11(12-6-8-13(19)9-7-12)23(10-26-2)22-17(21)16-14(18(24)25)4-3-5-15(16)20/h3-9H,1,10H2,2H3,(H,24,25)/b22-17-. The van der Waals surface area contributed by atoms with Gasteiger partial charge in [-0.15, -0.1) is 5.10 Å². The summed E-state index contributed by atoms with van der Waals surface area (Å²) in [6, 6.07) is 8.31. The van der Waals surface area contributed by atoms with E-state index in [1.165, 1.54) is 31.4 Å². The molecule has 0 heterocycles. The van der Waals surface area contributed by atoms with Crippen LogP contribution in [0.25, 0.3) is 5.70 Å². The van der Waals surface area contributed by atoms with Crippen molar-refractivity contribution in [2.24, 2.45) is 5.10 Å². The number of hydrazone groups is 1. The lowest BCUT2D eigenvalue weighted by Crippen LogP contribution is -2.21. The lowest BCUT2D eigenvalue weighted by molar-refractivity contribution is 0.0696. The highest BCUT2D eigenvalue weighted by Crippen LogP contribution is 2.21. The van der Waals surface area contributed by atoms with Gasteiger partial charge in [0.05, 0.1) is 16.8 Å². The number of benzene rings is 2. The van der Waals surface area contributed by atoms with E-state index in [0.29, 0.717) is 5.56 Å². The van der Waals surface area contributed by atoms with Crippen molar-refractivity contribution in [2.75, 3.05) is 13.8 Å². The Labute approximate surface area is 147 Å². The van der Waals surface area contributed by atoms with Gasteiger partial charge in [0.2, 0.25) is 5.97 Å². The second-order valence-corrected chi connectivity index (χ2v) is 5.13. The van der Waals surface area contributed by atoms with Crippen LogP contribution in [-0.2, 0) is 4.74 Å². The minimum Gasteiger partial charge on any atom is -0.478 e. The molecule has 0 aliphatic rings. The second kappa shape index (κ2) is 8.30. The summed E-state index contributed by atoms with van der Waals surface area (Å²) >= 11 is 0. The maximum absolute atomic E-state index is 14.6. The van der Waals surface area contributed by atoms with Gasteiger partial charge in [0, 0.05) is 7.11 Å². The second-order valence-electron chi connectivity index (χ2n) is 5.13. The van der Waals surface area contributed by atoms with Crippen LogP contribution >= 0.6 is 0 Å². The molecule has 1 N–H and O–H groups in total. The zero-order valence-electron chi connectivity index (χ0n) is 13.7. The topological polar surface area (TPSA) is 62.1 Å². The number of hydrogen-bond acceptors (Lipinski definition) is 4. The Kier molecular flexibility index (Phi) is 6.13. The van der Waals surface area contributed by atoms with E-state index in [0.717, 1.165) is 23.2 Å². The fraction of sp³-hybridized carbons (Fsp3) is 0.111. The normalized spacial score (nSPS) is 11.3. The molecule has 0 spiro atoms. The molecular weight excluding hydrogens is 349 g/mol. The molecule has 2 aromatic carbocycles. The number of carboxylic acid groups (broad SMARTS) is 1. The lowest BCUT2D eigenvalue weighted by Gasteiger charge is -2.21. The number of ether oxygens (including phenoxy) is 1. The maximum atomic E-state index is 14.6. The molecule has 0 amide bonds. The van der Waals surface area contributed by atoms with Crippen molar-refractivity contribution in [3.05, 3.63) is 77.4 Å². The molecule has 0 aliphatic heterocycles. The summed E-state index contributed by atoms with van der Waals surface area (Å²) in [5.74, 6) is -4.40. The predicted octanol–water partition coefficient (Wildman–Crippen LogP) is 3.87. The Morgan fingerprint density at radius 3 is 2.46 bits per heavy atom. The molecule has 0 saturated carbocycles. The fourth-order valence-corrected chi connectivity index (χ4v) is 2.15. The smallest absolute Gasteiger partial charge is 0.336 e. The van der Waals surface area contributed by atoms with Crippen molar-refractivity contribution in [3.63, 3.8) is 0 Å². The number of methoxy groups -OCH3 is 1. The van der Waals surface area contributed by atoms with Crippen molar-refractivity contribution < 1.29 is 27.8 Å². The van der Waals surface area contributed by atoms with E-state index in [9.17, 15) is 18.0 Å². The zero-order chi connectivity index (χ0) is 19.3. The van der Waals surface area contributed by atoms with Crippen LogP contribution in [0.4, 0.5) is 13.2 Å². The Bertz CT molecular complexity index is 851. The van der Waals surface area contributed by atoms with Crippen molar-refractivity contribution >= 4 is 17.6 Å². The number of rotatable bonds is 7. The van der Waals surface area contributed by atoms with Gasteiger partial charge < -0.3 is 9.84 Å². The van der Waals surface area contributed by atoms with Crippen LogP contribution in [0.5, 0.6) is 0 Å². The summed E-state index contributed by atoms with van der Waals surface area (Å²) in [6.07, 6.45) is 0. The molecule has 0 atom stereocenters. The Morgan fingerprint density at radius 1 is 1.23 bits per heavy atom.